The maximum Gasteiger partial charge on any atom is 0.311 e. The van der Waals surface area contributed by atoms with Crippen molar-refractivity contribution in [1.82, 2.24) is 9.88 Å². The Hall–Kier alpha value is -1.89. The number of likely N-dealkylation sites (N-methyl/N-ethyl adjacent to an activating group) is 1. The minimum atomic E-state index is -0.402. The van der Waals surface area contributed by atoms with Gasteiger partial charge in [0.15, 0.2) is 0 Å². The van der Waals surface area contributed by atoms with Gasteiger partial charge in [-0.15, -0.1) is 0 Å². The smallest absolute Gasteiger partial charge is 0.311 e. The molecule has 1 aliphatic rings. The number of hydrogen-bond acceptors (Lipinski definition) is 6. The van der Waals surface area contributed by atoms with E-state index in [9.17, 15) is 10.1 Å². The standard InChI is InChI=1S/C13H21N5O2/c1-3-17-8-4-5-10(17)9-15-13-11(18(19)20)6-7-12(14-2)16-13/h6-7,10H,3-5,8-9H2,1-2H3,(H2,14,15,16). The highest BCUT2D eigenvalue weighted by molar-refractivity contribution is 5.60. The fraction of sp³-hybridized carbons (Fsp3) is 0.615. The van der Waals surface area contributed by atoms with Crippen LogP contribution in [-0.4, -0.2) is 47.5 Å². The molecule has 1 unspecified atom stereocenters. The molecule has 7 heteroatoms. The van der Waals surface area contributed by atoms with Gasteiger partial charge < -0.3 is 10.6 Å². The summed E-state index contributed by atoms with van der Waals surface area (Å²) in [6.45, 7) is 4.95. The zero-order valence-corrected chi connectivity index (χ0v) is 11.9. The zero-order chi connectivity index (χ0) is 14.5. The molecule has 0 saturated carbocycles. The number of nitrogens with one attached hydrogen (secondary N) is 2. The van der Waals surface area contributed by atoms with E-state index in [4.69, 9.17) is 0 Å². The van der Waals surface area contributed by atoms with Crippen molar-refractivity contribution in [3.05, 3.63) is 22.2 Å². The SMILES string of the molecule is CCN1CCCC1CNc1nc(NC)ccc1[N+](=O)[O-]. The van der Waals surface area contributed by atoms with Crippen LogP contribution >= 0.6 is 0 Å². The average Bonchev–Trinajstić information content (AvgIpc) is 2.91. The van der Waals surface area contributed by atoms with Crippen molar-refractivity contribution in [3.8, 4) is 0 Å². The van der Waals surface area contributed by atoms with Crippen molar-refractivity contribution in [2.24, 2.45) is 0 Å². The Morgan fingerprint density at radius 1 is 1.55 bits per heavy atom. The molecular formula is C13H21N5O2. The second kappa shape index (κ2) is 6.51. The molecule has 0 aromatic carbocycles. The van der Waals surface area contributed by atoms with Crippen LogP contribution in [0.5, 0.6) is 0 Å². The van der Waals surface area contributed by atoms with Gasteiger partial charge in [0, 0.05) is 25.7 Å². The third-order valence-corrected chi connectivity index (χ3v) is 3.74. The Morgan fingerprint density at radius 3 is 3.00 bits per heavy atom. The van der Waals surface area contributed by atoms with Gasteiger partial charge in [-0.1, -0.05) is 6.92 Å². The van der Waals surface area contributed by atoms with Crippen LogP contribution in [0, 0.1) is 10.1 Å². The van der Waals surface area contributed by atoms with Crippen LogP contribution in [0.1, 0.15) is 19.8 Å². The van der Waals surface area contributed by atoms with Gasteiger partial charge >= 0.3 is 5.69 Å². The van der Waals surface area contributed by atoms with E-state index in [1.165, 1.54) is 12.5 Å². The molecule has 1 atom stereocenters. The molecule has 0 bridgehead atoms. The van der Waals surface area contributed by atoms with Gasteiger partial charge in [0.1, 0.15) is 5.82 Å². The first kappa shape index (κ1) is 14.5. The Labute approximate surface area is 118 Å². The van der Waals surface area contributed by atoms with Gasteiger partial charge in [-0.3, -0.25) is 15.0 Å². The molecule has 0 radical (unpaired) electrons. The first-order valence-corrected chi connectivity index (χ1v) is 6.96. The summed E-state index contributed by atoms with van der Waals surface area (Å²) in [6.07, 6.45) is 2.31. The maximum atomic E-state index is 11.0. The van der Waals surface area contributed by atoms with E-state index >= 15 is 0 Å². The molecular weight excluding hydrogens is 258 g/mol. The highest BCUT2D eigenvalue weighted by Gasteiger charge is 2.24. The summed E-state index contributed by atoms with van der Waals surface area (Å²) < 4.78 is 0. The first-order chi connectivity index (χ1) is 9.65. The molecule has 1 aliphatic heterocycles. The molecule has 0 spiro atoms. The van der Waals surface area contributed by atoms with E-state index < -0.39 is 4.92 Å². The molecule has 2 heterocycles. The lowest BCUT2D eigenvalue weighted by Crippen LogP contribution is -2.34. The van der Waals surface area contributed by atoms with Gasteiger partial charge in [-0.25, -0.2) is 4.98 Å². The van der Waals surface area contributed by atoms with E-state index in [2.05, 4.69) is 27.4 Å². The number of nitro groups is 1. The first-order valence-electron chi connectivity index (χ1n) is 6.96. The zero-order valence-electron chi connectivity index (χ0n) is 11.9. The van der Waals surface area contributed by atoms with Gasteiger partial charge in [-0.05, 0) is 32.0 Å². The number of hydrogen-bond donors (Lipinski definition) is 2. The van der Waals surface area contributed by atoms with Crippen molar-refractivity contribution < 1.29 is 4.92 Å². The average molecular weight is 279 g/mol. The minimum absolute atomic E-state index is 0.0186. The molecule has 1 aromatic rings. The number of likely N-dealkylation sites (tertiary alicyclic amines) is 1. The molecule has 0 amide bonds. The van der Waals surface area contributed by atoms with Crippen molar-refractivity contribution in [3.63, 3.8) is 0 Å². The highest BCUT2D eigenvalue weighted by atomic mass is 16.6. The number of anilines is 2. The highest BCUT2D eigenvalue weighted by Crippen LogP contribution is 2.25. The van der Waals surface area contributed by atoms with Crippen molar-refractivity contribution >= 4 is 17.3 Å². The lowest BCUT2D eigenvalue weighted by Gasteiger charge is -2.23. The van der Waals surface area contributed by atoms with E-state index in [0.717, 1.165) is 19.5 Å². The fourth-order valence-corrected chi connectivity index (χ4v) is 2.63. The van der Waals surface area contributed by atoms with E-state index in [-0.39, 0.29) is 5.69 Å². The van der Waals surface area contributed by atoms with Crippen LogP contribution in [0.2, 0.25) is 0 Å². The molecule has 1 saturated heterocycles. The molecule has 2 N–H and O–H groups in total. The molecule has 110 valence electrons. The monoisotopic (exact) mass is 279 g/mol. The van der Waals surface area contributed by atoms with Gasteiger partial charge in [0.2, 0.25) is 5.82 Å². The summed E-state index contributed by atoms with van der Waals surface area (Å²) in [4.78, 5) is 17.3. The van der Waals surface area contributed by atoms with Crippen LogP contribution in [0.15, 0.2) is 12.1 Å². The van der Waals surface area contributed by atoms with Crippen molar-refractivity contribution in [2.45, 2.75) is 25.8 Å². The van der Waals surface area contributed by atoms with Gasteiger partial charge in [0.25, 0.3) is 0 Å². The molecule has 7 nitrogen and oxygen atoms in total. The minimum Gasteiger partial charge on any atom is -0.373 e. The van der Waals surface area contributed by atoms with Crippen LogP contribution in [0.4, 0.5) is 17.3 Å². The predicted octanol–water partition coefficient (Wildman–Crippen LogP) is 1.93. The summed E-state index contributed by atoms with van der Waals surface area (Å²) in [5.41, 5.74) is 0.0186. The molecule has 2 rings (SSSR count). The van der Waals surface area contributed by atoms with Crippen molar-refractivity contribution in [2.75, 3.05) is 37.3 Å². The summed E-state index contributed by atoms with van der Waals surface area (Å²) >= 11 is 0. The Balaban J connectivity index is 2.09. The fourth-order valence-electron chi connectivity index (χ4n) is 2.63. The second-order valence-corrected chi connectivity index (χ2v) is 4.88. The lowest BCUT2D eigenvalue weighted by molar-refractivity contribution is -0.384. The normalized spacial score (nSPS) is 19.0. The lowest BCUT2D eigenvalue weighted by atomic mass is 10.2. The van der Waals surface area contributed by atoms with Crippen molar-refractivity contribution in [1.29, 1.82) is 0 Å². The molecule has 0 aliphatic carbocycles. The third-order valence-electron chi connectivity index (χ3n) is 3.74. The number of aromatic nitrogens is 1. The maximum absolute atomic E-state index is 11.0. The summed E-state index contributed by atoms with van der Waals surface area (Å²) in [6, 6.07) is 3.52. The molecule has 1 aromatic heterocycles. The summed E-state index contributed by atoms with van der Waals surface area (Å²) in [5.74, 6) is 0.960. The number of rotatable bonds is 6. The Morgan fingerprint density at radius 2 is 2.35 bits per heavy atom. The molecule has 20 heavy (non-hydrogen) atoms. The summed E-state index contributed by atoms with van der Waals surface area (Å²) in [5, 5.41) is 17.1. The Bertz CT molecular complexity index is 480. The van der Waals surface area contributed by atoms with E-state index in [1.54, 1.807) is 13.1 Å². The number of pyridine rings is 1. The quantitative estimate of drug-likeness (QED) is 0.611. The second-order valence-electron chi connectivity index (χ2n) is 4.88. The van der Waals surface area contributed by atoms with E-state index in [0.29, 0.717) is 24.2 Å². The third kappa shape index (κ3) is 3.16. The largest absolute Gasteiger partial charge is 0.373 e. The van der Waals surface area contributed by atoms with Crippen LogP contribution < -0.4 is 10.6 Å². The topological polar surface area (TPSA) is 83.3 Å². The molecule has 1 fully saturated rings. The van der Waals surface area contributed by atoms with E-state index in [1.807, 2.05) is 0 Å². The van der Waals surface area contributed by atoms with Crippen LogP contribution in [0.3, 0.4) is 0 Å². The number of nitrogens with zero attached hydrogens (tertiary/aromatic N) is 3. The summed E-state index contributed by atoms with van der Waals surface area (Å²) in [7, 11) is 1.74. The predicted molar refractivity (Wildman–Crippen MR) is 79.2 cm³/mol. The van der Waals surface area contributed by atoms with Crippen LogP contribution in [0.25, 0.3) is 0 Å². The van der Waals surface area contributed by atoms with Gasteiger partial charge in [0.05, 0.1) is 4.92 Å². The van der Waals surface area contributed by atoms with Crippen LogP contribution in [-0.2, 0) is 0 Å². The van der Waals surface area contributed by atoms with Gasteiger partial charge in [-0.2, -0.15) is 0 Å². The Kier molecular flexibility index (Phi) is 4.73.